The first-order chi connectivity index (χ1) is 12.9. The lowest BCUT2D eigenvalue weighted by Crippen LogP contribution is -2.40. The van der Waals surface area contributed by atoms with Crippen LogP contribution in [-0.4, -0.2) is 39.3 Å². The number of ether oxygens (including phenoxy) is 2. The van der Waals surface area contributed by atoms with Gasteiger partial charge in [0.2, 0.25) is 0 Å². The quantitative estimate of drug-likeness (QED) is 0.456. The van der Waals surface area contributed by atoms with Crippen LogP contribution in [0.3, 0.4) is 0 Å². The summed E-state index contributed by atoms with van der Waals surface area (Å²) in [6.07, 6.45) is 1.93. The van der Waals surface area contributed by atoms with Gasteiger partial charge in [-0.1, -0.05) is 36.4 Å². The van der Waals surface area contributed by atoms with E-state index in [4.69, 9.17) is 9.47 Å². The summed E-state index contributed by atoms with van der Waals surface area (Å²) in [6.45, 7) is 3.12. The molecule has 0 aliphatic carbocycles. The largest absolute Gasteiger partial charge is 0.494 e. The summed E-state index contributed by atoms with van der Waals surface area (Å²) in [6, 6.07) is 18.2. The Morgan fingerprint density at radius 2 is 1.92 bits per heavy atom. The Hall–Kier alpha value is -2.69. The Morgan fingerprint density at radius 1 is 1.12 bits per heavy atom. The van der Waals surface area contributed by atoms with E-state index in [1.165, 1.54) is 5.56 Å². The third-order valence-electron chi connectivity index (χ3n) is 4.45. The number of rotatable bonds is 7. The first-order valence-electron chi connectivity index (χ1n) is 9.21. The average molecular weight is 353 g/mol. The highest BCUT2D eigenvalue weighted by Gasteiger charge is 2.20. The maximum Gasteiger partial charge on any atom is 0.191 e. The number of aliphatic imine (C=N–C) groups is 1. The Morgan fingerprint density at radius 3 is 2.77 bits per heavy atom. The summed E-state index contributed by atoms with van der Waals surface area (Å²) < 4.78 is 11.4. The van der Waals surface area contributed by atoms with Crippen LogP contribution in [-0.2, 0) is 0 Å². The van der Waals surface area contributed by atoms with Crippen molar-refractivity contribution >= 4 is 5.96 Å². The van der Waals surface area contributed by atoms with Gasteiger partial charge < -0.3 is 20.1 Å². The molecule has 138 valence electrons. The van der Waals surface area contributed by atoms with Gasteiger partial charge in [-0.15, -0.1) is 0 Å². The van der Waals surface area contributed by atoms with Gasteiger partial charge in [-0.05, 0) is 36.6 Å². The lowest BCUT2D eigenvalue weighted by molar-refractivity contribution is 0.267. The molecule has 0 saturated heterocycles. The topological polar surface area (TPSA) is 54.9 Å². The number of hydrogen-bond acceptors (Lipinski definition) is 3. The Labute approximate surface area is 155 Å². The van der Waals surface area contributed by atoms with Gasteiger partial charge in [0, 0.05) is 26.1 Å². The van der Waals surface area contributed by atoms with Crippen molar-refractivity contribution in [2.45, 2.75) is 18.8 Å². The van der Waals surface area contributed by atoms with E-state index in [1.807, 2.05) is 42.5 Å². The second-order valence-electron chi connectivity index (χ2n) is 6.27. The van der Waals surface area contributed by atoms with Crippen LogP contribution in [0, 0.1) is 0 Å². The first kappa shape index (κ1) is 18.1. The van der Waals surface area contributed by atoms with Crippen molar-refractivity contribution in [3.05, 3.63) is 60.2 Å². The number of hydrogen-bond donors (Lipinski definition) is 2. The minimum absolute atomic E-state index is 0.444. The SMILES string of the molecule is CN=C(NCCCOc1ccccc1)NCC1CCOc2ccccc21. The van der Waals surface area contributed by atoms with E-state index < -0.39 is 0 Å². The van der Waals surface area contributed by atoms with Gasteiger partial charge in [0.25, 0.3) is 0 Å². The second kappa shape index (κ2) is 9.70. The Bertz CT molecular complexity index is 703. The van der Waals surface area contributed by atoms with Crippen LogP contribution in [0.5, 0.6) is 11.5 Å². The van der Waals surface area contributed by atoms with Gasteiger partial charge in [0.1, 0.15) is 11.5 Å². The Balaban J connectivity index is 1.37. The molecule has 0 spiro atoms. The lowest BCUT2D eigenvalue weighted by atomic mass is 9.93. The third kappa shape index (κ3) is 5.15. The molecule has 1 atom stereocenters. The second-order valence-corrected chi connectivity index (χ2v) is 6.27. The van der Waals surface area contributed by atoms with Gasteiger partial charge in [-0.2, -0.15) is 0 Å². The minimum atomic E-state index is 0.444. The Kier molecular flexibility index (Phi) is 6.76. The predicted octanol–water partition coefficient (Wildman–Crippen LogP) is 3.19. The molecular weight excluding hydrogens is 326 g/mol. The summed E-state index contributed by atoms with van der Waals surface area (Å²) in [7, 11) is 1.80. The van der Waals surface area contributed by atoms with Gasteiger partial charge in [0.15, 0.2) is 5.96 Å². The molecule has 0 aromatic heterocycles. The van der Waals surface area contributed by atoms with Crippen LogP contribution < -0.4 is 20.1 Å². The number of nitrogens with zero attached hydrogens (tertiary/aromatic N) is 1. The van der Waals surface area contributed by atoms with E-state index in [-0.39, 0.29) is 0 Å². The molecule has 1 heterocycles. The molecule has 0 bridgehead atoms. The molecule has 5 heteroatoms. The molecule has 1 aliphatic heterocycles. The normalized spacial score (nSPS) is 16.3. The molecule has 0 saturated carbocycles. The van der Waals surface area contributed by atoms with Crippen molar-refractivity contribution in [2.75, 3.05) is 33.4 Å². The van der Waals surface area contributed by atoms with Crippen LogP contribution in [0.25, 0.3) is 0 Å². The zero-order chi connectivity index (χ0) is 18.0. The van der Waals surface area contributed by atoms with E-state index in [0.717, 1.165) is 50.0 Å². The van der Waals surface area contributed by atoms with E-state index in [0.29, 0.717) is 12.5 Å². The van der Waals surface area contributed by atoms with E-state index in [1.54, 1.807) is 7.05 Å². The maximum atomic E-state index is 5.73. The highest BCUT2D eigenvalue weighted by Crippen LogP contribution is 2.32. The molecule has 3 rings (SSSR count). The lowest BCUT2D eigenvalue weighted by Gasteiger charge is -2.26. The van der Waals surface area contributed by atoms with E-state index >= 15 is 0 Å². The van der Waals surface area contributed by atoms with Gasteiger partial charge in [-0.3, -0.25) is 4.99 Å². The maximum absolute atomic E-state index is 5.73. The number of nitrogens with one attached hydrogen (secondary N) is 2. The molecule has 2 aromatic rings. The summed E-state index contributed by atoms with van der Waals surface area (Å²) >= 11 is 0. The predicted molar refractivity (Wildman–Crippen MR) is 105 cm³/mol. The van der Waals surface area contributed by atoms with Crippen molar-refractivity contribution in [3.63, 3.8) is 0 Å². The number of para-hydroxylation sites is 2. The highest BCUT2D eigenvalue weighted by molar-refractivity contribution is 5.79. The molecule has 0 fully saturated rings. The zero-order valence-electron chi connectivity index (χ0n) is 15.3. The molecule has 0 amide bonds. The number of benzene rings is 2. The number of guanidine groups is 1. The van der Waals surface area contributed by atoms with Gasteiger partial charge in [-0.25, -0.2) is 0 Å². The van der Waals surface area contributed by atoms with Crippen molar-refractivity contribution < 1.29 is 9.47 Å². The molecular formula is C21H27N3O2. The summed E-state index contributed by atoms with van der Waals surface area (Å²) in [5, 5.41) is 6.78. The van der Waals surface area contributed by atoms with Crippen molar-refractivity contribution in [2.24, 2.45) is 4.99 Å². The monoisotopic (exact) mass is 353 g/mol. The molecule has 5 nitrogen and oxygen atoms in total. The van der Waals surface area contributed by atoms with Gasteiger partial charge >= 0.3 is 0 Å². The van der Waals surface area contributed by atoms with Gasteiger partial charge in [0.05, 0.1) is 13.2 Å². The number of fused-ring (bicyclic) bond motifs is 1. The minimum Gasteiger partial charge on any atom is -0.494 e. The van der Waals surface area contributed by atoms with Crippen LogP contribution in [0.4, 0.5) is 0 Å². The first-order valence-corrected chi connectivity index (χ1v) is 9.21. The fraction of sp³-hybridized carbons (Fsp3) is 0.381. The zero-order valence-corrected chi connectivity index (χ0v) is 15.3. The molecule has 26 heavy (non-hydrogen) atoms. The van der Waals surface area contributed by atoms with E-state index in [9.17, 15) is 0 Å². The molecule has 1 aliphatic rings. The molecule has 0 radical (unpaired) electrons. The van der Waals surface area contributed by atoms with Crippen molar-refractivity contribution in [1.29, 1.82) is 0 Å². The third-order valence-corrected chi connectivity index (χ3v) is 4.45. The van der Waals surface area contributed by atoms with Crippen LogP contribution in [0.1, 0.15) is 24.3 Å². The fourth-order valence-electron chi connectivity index (χ4n) is 3.05. The fourth-order valence-corrected chi connectivity index (χ4v) is 3.05. The average Bonchev–Trinajstić information content (AvgIpc) is 2.71. The summed E-state index contributed by atoms with van der Waals surface area (Å²) in [4.78, 5) is 4.31. The molecule has 1 unspecified atom stereocenters. The summed E-state index contributed by atoms with van der Waals surface area (Å²) in [5.41, 5.74) is 1.28. The smallest absolute Gasteiger partial charge is 0.191 e. The van der Waals surface area contributed by atoms with Crippen LogP contribution in [0.2, 0.25) is 0 Å². The molecule has 2 N–H and O–H groups in total. The van der Waals surface area contributed by atoms with Crippen LogP contribution in [0.15, 0.2) is 59.6 Å². The van der Waals surface area contributed by atoms with Crippen LogP contribution >= 0.6 is 0 Å². The van der Waals surface area contributed by atoms with Crippen molar-refractivity contribution in [1.82, 2.24) is 10.6 Å². The highest BCUT2D eigenvalue weighted by atomic mass is 16.5. The molecule has 2 aromatic carbocycles. The standard InChI is InChI=1S/C21H27N3O2/c1-22-21(23-13-7-14-25-18-8-3-2-4-9-18)24-16-17-12-15-26-20-11-6-5-10-19(17)20/h2-6,8-11,17H,7,12-16H2,1H3,(H2,22,23,24). The van der Waals surface area contributed by atoms with E-state index in [2.05, 4.69) is 27.8 Å². The van der Waals surface area contributed by atoms with Crippen molar-refractivity contribution in [3.8, 4) is 11.5 Å². The summed E-state index contributed by atoms with van der Waals surface area (Å²) in [5.74, 6) is 3.19.